The third kappa shape index (κ3) is 1.54. The molecule has 2 heteroatoms. The van der Waals surface area contributed by atoms with Crippen LogP contribution in [0.5, 0.6) is 0 Å². The van der Waals surface area contributed by atoms with Gasteiger partial charge in [0.2, 0.25) is 0 Å². The zero-order valence-electron chi connectivity index (χ0n) is 7.68. The highest BCUT2D eigenvalue weighted by molar-refractivity contribution is 7.11. The Morgan fingerprint density at radius 2 is 2.25 bits per heavy atom. The molecule has 0 bridgehead atoms. The number of thiophene rings is 1. The van der Waals surface area contributed by atoms with Crippen LogP contribution in [0.15, 0.2) is 12.1 Å². The third-order valence-corrected chi connectivity index (χ3v) is 3.69. The Balaban J connectivity index is 2.04. The summed E-state index contributed by atoms with van der Waals surface area (Å²) in [5.41, 5.74) is 0.470. The molecule has 1 nitrogen and oxygen atoms in total. The van der Waals surface area contributed by atoms with Gasteiger partial charge in [0.15, 0.2) is 0 Å². The van der Waals surface area contributed by atoms with Crippen molar-refractivity contribution in [1.29, 1.82) is 0 Å². The molecule has 1 N–H and O–H groups in total. The second-order valence-electron chi connectivity index (χ2n) is 3.72. The SMILES string of the molecule is CNC1(Cc2ccc(C)s2)CC1. The first-order chi connectivity index (χ1) is 5.74. The van der Waals surface area contributed by atoms with E-state index in [1.165, 1.54) is 29.0 Å². The Morgan fingerprint density at radius 1 is 1.50 bits per heavy atom. The molecule has 0 spiro atoms. The summed E-state index contributed by atoms with van der Waals surface area (Å²) in [7, 11) is 2.08. The van der Waals surface area contributed by atoms with Gasteiger partial charge in [0.05, 0.1) is 0 Å². The van der Waals surface area contributed by atoms with Gasteiger partial charge in [0.1, 0.15) is 0 Å². The lowest BCUT2D eigenvalue weighted by atomic mass is 10.1. The Bertz CT molecular complexity index is 273. The standard InChI is InChI=1S/C10H15NS/c1-8-3-4-9(12-8)7-10(11-2)5-6-10/h3-4,11H,5-7H2,1-2H3. The highest BCUT2D eigenvalue weighted by Crippen LogP contribution is 2.39. The third-order valence-electron chi connectivity index (χ3n) is 2.69. The Hall–Kier alpha value is -0.340. The lowest BCUT2D eigenvalue weighted by Crippen LogP contribution is -2.29. The molecule has 0 amide bonds. The molecule has 0 aliphatic heterocycles. The van der Waals surface area contributed by atoms with E-state index in [0.717, 1.165) is 0 Å². The predicted molar refractivity (Wildman–Crippen MR) is 53.8 cm³/mol. The average molecular weight is 181 g/mol. The number of nitrogens with one attached hydrogen (secondary N) is 1. The van der Waals surface area contributed by atoms with Crippen LogP contribution in [0, 0.1) is 6.92 Å². The summed E-state index contributed by atoms with van der Waals surface area (Å²) in [6.45, 7) is 2.17. The van der Waals surface area contributed by atoms with Crippen LogP contribution in [0.3, 0.4) is 0 Å². The van der Waals surface area contributed by atoms with Crippen LogP contribution >= 0.6 is 11.3 Å². The van der Waals surface area contributed by atoms with Crippen LogP contribution < -0.4 is 5.32 Å². The molecule has 0 aromatic carbocycles. The van der Waals surface area contributed by atoms with E-state index in [9.17, 15) is 0 Å². The second kappa shape index (κ2) is 2.86. The Morgan fingerprint density at radius 3 is 2.67 bits per heavy atom. The van der Waals surface area contributed by atoms with Crippen molar-refractivity contribution in [2.45, 2.75) is 31.7 Å². The fourth-order valence-electron chi connectivity index (χ4n) is 1.58. The van der Waals surface area contributed by atoms with Gasteiger partial charge in [-0.25, -0.2) is 0 Å². The van der Waals surface area contributed by atoms with Crippen molar-refractivity contribution >= 4 is 11.3 Å². The van der Waals surface area contributed by atoms with E-state index in [-0.39, 0.29) is 0 Å². The smallest absolute Gasteiger partial charge is 0.0228 e. The topological polar surface area (TPSA) is 12.0 Å². The molecular formula is C10H15NS. The van der Waals surface area contributed by atoms with Crippen molar-refractivity contribution in [3.63, 3.8) is 0 Å². The minimum absolute atomic E-state index is 0.470. The number of rotatable bonds is 3. The first-order valence-corrected chi connectivity index (χ1v) is 5.30. The van der Waals surface area contributed by atoms with Crippen LogP contribution in [0.4, 0.5) is 0 Å². The molecule has 1 fully saturated rings. The molecule has 0 saturated heterocycles. The maximum absolute atomic E-state index is 3.42. The van der Waals surface area contributed by atoms with Crippen molar-refractivity contribution in [3.8, 4) is 0 Å². The summed E-state index contributed by atoms with van der Waals surface area (Å²) in [6, 6.07) is 4.48. The molecule has 1 aromatic rings. The van der Waals surface area contributed by atoms with Gasteiger partial charge in [-0.05, 0) is 45.4 Å². The van der Waals surface area contributed by atoms with Gasteiger partial charge < -0.3 is 5.32 Å². The number of aryl methyl sites for hydroxylation is 1. The minimum atomic E-state index is 0.470. The molecule has 1 saturated carbocycles. The summed E-state index contributed by atoms with van der Waals surface area (Å²) in [5.74, 6) is 0. The quantitative estimate of drug-likeness (QED) is 0.755. The van der Waals surface area contributed by atoms with Gasteiger partial charge in [-0.15, -0.1) is 11.3 Å². The van der Waals surface area contributed by atoms with Crippen LogP contribution in [0.1, 0.15) is 22.6 Å². The van der Waals surface area contributed by atoms with Crippen molar-refractivity contribution in [3.05, 3.63) is 21.9 Å². The van der Waals surface area contributed by atoms with Crippen LogP contribution in [-0.2, 0) is 6.42 Å². The molecule has 1 aromatic heterocycles. The fourth-order valence-corrected chi connectivity index (χ4v) is 2.61. The average Bonchev–Trinajstić information content (AvgIpc) is 2.71. The van der Waals surface area contributed by atoms with Crippen molar-refractivity contribution in [2.75, 3.05) is 7.05 Å². The van der Waals surface area contributed by atoms with Gasteiger partial charge in [-0.1, -0.05) is 0 Å². The van der Waals surface area contributed by atoms with E-state index in [1.807, 2.05) is 11.3 Å². The van der Waals surface area contributed by atoms with Gasteiger partial charge in [0, 0.05) is 15.3 Å². The van der Waals surface area contributed by atoms with E-state index in [2.05, 4.69) is 31.4 Å². The lowest BCUT2D eigenvalue weighted by molar-refractivity contribution is 0.553. The number of likely N-dealkylation sites (N-methyl/N-ethyl adjacent to an activating group) is 1. The monoisotopic (exact) mass is 181 g/mol. The van der Waals surface area contributed by atoms with Crippen molar-refractivity contribution < 1.29 is 0 Å². The molecule has 1 aliphatic rings. The van der Waals surface area contributed by atoms with Crippen LogP contribution in [0.2, 0.25) is 0 Å². The Labute approximate surface area is 77.8 Å². The summed E-state index contributed by atoms with van der Waals surface area (Å²) in [6.07, 6.45) is 3.92. The highest BCUT2D eigenvalue weighted by Gasteiger charge is 2.40. The van der Waals surface area contributed by atoms with Gasteiger partial charge in [-0.3, -0.25) is 0 Å². The fraction of sp³-hybridized carbons (Fsp3) is 0.600. The first-order valence-electron chi connectivity index (χ1n) is 4.48. The summed E-state index contributed by atoms with van der Waals surface area (Å²) in [4.78, 5) is 2.95. The van der Waals surface area contributed by atoms with E-state index >= 15 is 0 Å². The van der Waals surface area contributed by atoms with Crippen LogP contribution in [-0.4, -0.2) is 12.6 Å². The first kappa shape index (κ1) is 8.27. The van der Waals surface area contributed by atoms with E-state index < -0.39 is 0 Å². The maximum atomic E-state index is 3.42. The molecule has 1 aliphatic carbocycles. The van der Waals surface area contributed by atoms with Crippen LogP contribution in [0.25, 0.3) is 0 Å². The van der Waals surface area contributed by atoms with Crippen molar-refractivity contribution in [1.82, 2.24) is 5.32 Å². The second-order valence-corrected chi connectivity index (χ2v) is 5.09. The molecular weight excluding hydrogens is 166 g/mol. The minimum Gasteiger partial charge on any atom is -0.314 e. The van der Waals surface area contributed by atoms with Gasteiger partial charge in [-0.2, -0.15) is 0 Å². The molecule has 0 unspecified atom stereocenters. The molecule has 1 heterocycles. The molecule has 66 valence electrons. The Kier molecular flexibility index (Phi) is 1.97. The summed E-state index contributed by atoms with van der Waals surface area (Å²) >= 11 is 1.93. The largest absolute Gasteiger partial charge is 0.314 e. The molecule has 2 rings (SSSR count). The maximum Gasteiger partial charge on any atom is 0.0228 e. The zero-order valence-corrected chi connectivity index (χ0v) is 8.50. The van der Waals surface area contributed by atoms with E-state index in [1.54, 1.807) is 0 Å². The molecule has 0 radical (unpaired) electrons. The van der Waals surface area contributed by atoms with Gasteiger partial charge >= 0.3 is 0 Å². The normalized spacial score (nSPS) is 19.5. The predicted octanol–water partition coefficient (Wildman–Crippen LogP) is 2.35. The van der Waals surface area contributed by atoms with E-state index in [4.69, 9.17) is 0 Å². The summed E-state index contributed by atoms with van der Waals surface area (Å²) < 4.78 is 0. The summed E-state index contributed by atoms with van der Waals surface area (Å²) in [5, 5.41) is 3.42. The zero-order chi connectivity index (χ0) is 8.60. The van der Waals surface area contributed by atoms with E-state index in [0.29, 0.717) is 5.54 Å². The lowest BCUT2D eigenvalue weighted by Gasteiger charge is -2.11. The number of hydrogen-bond donors (Lipinski definition) is 1. The molecule has 0 atom stereocenters. The number of hydrogen-bond acceptors (Lipinski definition) is 2. The highest BCUT2D eigenvalue weighted by atomic mass is 32.1. The van der Waals surface area contributed by atoms with Crippen molar-refractivity contribution in [2.24, 2.45) is 0 Å². The molecule has 12 heavy (non-hydrogen) atoms. The van der Waals surface area contributed by atoms with Gasteiger partial charge in [0.25, 0.3) is 0 Å².